The molecule has 0 heterocycles. The Morgan fingerprint density at radius 3 is 2.17 bits per heavy atom. The number of hydrogen-bond donors (Lipinski definition) is 0. The summed E-state index contributed by atoms with van der Waals surface area (Å²) in [5.74, 6) is 1.51. The van der Waals surface area contributed by atoms with Crippen LogP contribution in [0, 0.1) is 0 Å². The van der Waals surface area contributed by atoms with Crippen LogP contribution in [0.2, 0.25) is 0 Å². The van der Waals surface area contributed by atoms with Gasteiger partial charge in [0.1, 0.15) is 5.75 Å². The van der Waals surface area contributed by atoms with Crippen LogP contribution in [0.15, 0.2) is 24.3 Å². The maximum Gasteiger partial charge on any atom is 0.253 e. The van der Waals surface area contributed by atoms with Crippen LogP contribution in [-0.4, -0.2) is 42.3 Å². The van der Waals surface area contributed by atoms with E-state index in [4.69, 9.17) is 27.9 Å². The number of ether oxygens (including phenoxy) is 1. The van der Waals surface area contributed by atoms with Gasteiger partial charge in [0, 0.05) is 30.4 Å². The van der Waals surface area contributed by atoms with E-state index in [1.54, 1.807) is 29.2 Å². The Kier molecular flexibility index (Phi) is 6.91. The molecule has 0 aliphatic heterocycles. The molecule has 18 heavy (non-hydrogen) atoms. The molecule has 0 saturated carbocycles. The molecule has 0 aliphatic carbocycles. The zero-order valence-electron chi connectivity index (χ0n) is 10.4. The minimum Gasteiger partial charge on any atom is -0.494 e. The van der Waals surface area contributed by atoms with Crippen molar-refractivity contribution < 1.29 is 9.53 Å². The number of carbonyl (C=O) groups excluding carboxylic acids is 1. The topological polar surface area (TPSA) is 29.5 Å². The SMILES string of the molecule is CCOc1ccc(C(=O)N(CCCl)CCCl)cc1. The molecule has 0 aromatic heterocycles. The number of nitrogens with zero attached hydrogens (tertiary/aromatic N) is 1. The molecule has 0 bridgehead atoms. The van der Waals surface area contributed by atoms with Gasteiger partial charge >= 0.3 is 0 Å². The molecule has 0 fully saturated rings. The van der Waals surface area contributed by atoms with E-state index in [0.717, 1.165) is 5.75 Å². The van der Waals surface area contributed by atoms with Gasteiger partial charge in [-0.15, -0.1) is 23.2 Å². The van der Waals surface area contributed by atoms with Gasteiger partial charge in [-0.2, -0.15) is 0 Å². The molecule has 3 nitrogen and oxygen atoms in total. The van der Waals surface area contributed by atoms with Crippen LogP contribution in [0.4, 0.5) is 0 Å². The number of halogens is 2. The molecule has 1 rings (SSSR count). The summed E-state index contributed by atoms with van der Waals surface area (Å²) in [5.41, 5.74) is 0.619. The van der Waals surface area contributed by atoms with E-state index in [-0.39, 0.29) is 5.91 Å². The van der Waals surface area contributed by atoms with Crippen LogP contribution < -0.4 is 4.74 Å². The van der Waals surface area contributed by atoms with Crippen molar-refractivity contribution in [2.75, 3.05) is 31.5 Å². The molecule has 0 aliphatic rings. The number of rotatable bonds is 7. The maximum atomic E-state index is 12.2. The predicted molar refractivity (Wildman–Crippen MR) is 75.0 cm³/mol. The van der Waals surface area contributed by atoms with E-state index in [1.165, 1.54) is 0 Å². The molecule has 0 atom stereocenters. The largest absolute Gasteiger partial charge is 0.494 e. The first-order chi connectivity index (χ1) is 8.72. The van der Waals surface area contributed by atoms with Gasteiger partial charge in [-0.25, -0.2) is 0 Å². The molecule has 0 unspecified atom stereocenters. The van der Waals surface area contributed by atoms with E-state index < -0.39 is 0 Å². The molecule has 1 aromatic rings. The summed E-state index contributed by atoms with van der Waals surface area (Å²) in [6.45, 7) is 3.53. The van der Waals surface area contributed by atoms with Crippen molar-refractivity contribution in [3.63, 3.8) is 0 Å². The van der Waals surface area contributed by atoms with Crippen molar-refractivity contribution in [3.05, 3.63) is 29.8 Å². The van der Waals surface area contributed by atoms with E-state index in [9.17, 15) is 4.79 Å². The molecule has 100 valence electrons. The quantitative estimate of drug-likeness (QED) is 0.722. The second-order valence-electron chi connectivity index (χ2n) is 3.63. The summed E-state index contributed by atoms with van der Waals surface area (Å²) < 4.78 is 5.33. The monoisotopic (exact) mass is 289 g/mol. The molecule has 1 aromatic carbocycles. The van der Waals surface area contributed by atoms with Gasteiger partial charge in [-0.3, -0.25) is 4.79 Å². The Labute approximate surface area is 118 Å². The van der Waals surface area contributed by atoms with Crippen LogP contribution in [0.1, 0.15) is 17.3 Å². The van der Waals surface area contributed by atoms with E-state index in [1.807, 2.05) is 6.92 Å². The van der Waals surface area contributed by atoms with Crippen molar-refractivity contribution in [1.82, 2.24) is 4.90 Å². The Bertz CT molecular complexity index is 362. The van der Waals surface area contributed by atoms with Crippen LogP contribution >= 0.6 is 23.2 Å². The van der Waals surface area contributed by atoms with E-state index in [2.05, 4.69) is 0 Å². The van der Waals surface area contributed by atoms with E-state index in [0.29, 0.717) is 37.0 Å². The predicted octanol–water partition coefficient (Wildman–Crippen LogP) is 3.01. The lowest BCUT2D eigenvalue weighted by molar-refractivity contribution is 0.0775. The molecule has 5 heteroatoms. The lowest BCUT2D eigenvalue weighted by Crippen LogP contribution is -2.34. The lowest BCUT2D eigenvalue weighted by Gasteiger charge is -2.20. The average molecular weight is 290 g/mol. The summed E-state index contributed by atoms with van der Waals surface area (Å²) in [5, 5.41) is 0. The number of amides is 1. The molecule has 1 amide bonds. The van der Waals surface area contributed by atoms with Crippen molar-refractivity contribution in [2.24, 2.45) is 0 Å². The van der Waals surface area contributed by atoms with Crippen LogP contribution in [0.3, 0.4) is 0 Å². The molecule has 0 spiro atoms. The fraction of sp³-hybridized carbons (Fsp3) is 0.462. The first-order valence-corrected chi connectivity index (χ1v) is 6.94. The molecule has 0 N–H and O–H groups in total. The van der Waals surface area contributed by atoms with Gasteiger partial charge in [0.2, 0.25) is 0 Å². The van der Waals surface area contributed by atoms with Crippen molar-refractivity contribution in [1.29, 1.82) is 0 Å². The molecular weight excluding hydrogens is 273 g/mol. The minimum atomic E-state index is -0.0562. The Balaban J connectivity index is 2.74. The smallest absolute Gasteiger partial charge is 0.253 e. The standard InChI is InChI=1S/C13H17Cl2NO2/c1-2-18-12-5-3-11(4-6-12)13(17)16(9-7-14)10-8-15/h3-6H,2,7-10H2,1H3. The zero-order chi connectivity index (χ0) is 13.4. The summed E-state index contributed by atoms with van der Waals surface area (Å²) in [6, 6.07) is 7.08. The van der Waals surface area contributed by atoms with Crippen molar-refractivity contribution >= 4 is 29.1 Å². The minimum absolute atomic E-state index is 0.0562. The third-order valence-electron chi connectivity index (χ3n) is 2.41. The molecule has 0 saturated heterocycles. The lowest BCUT2D eigenvalue weighted by atomic mass is 10.2. The van der Waals surface area contributed by atoms with Crippen molar-refractivity contribution in [3.8, 4) is 5.75 Å². The Hall–Kier alpha value is -0.930. The number of alkyl halides is 2. The average Bonchev–Trinajstić information content (AvgIpc) is 2.39. The number of carbonyl (C=O) groups is 1. The first kappa shape index (κ1) is 15.1. The van der Waals surface area contributed by atoms with Gasteiger partial charge in [-0.05, 0) is 31.2 Å². The van der Waals surface area contributed by atoms with Gasteiger partial charge in [0.25, 0.3) is 5.91 Å². The second kappa shape index (κ2) is 8.22. The van der Waals surface area contributed by atoms with Crippen LogP contribution in [-0.2, 0) is 0 Å². The highest BCUT2D eigenvalue weighted by Crippen LogP contribution is 2.13. The summed E-state index contributed by atoms with van der Waals surface area (Å²) in [6.07, 6.45) is 0. The highest BCUT2D eigenvalue weighted by molar-refractivity contribution is 6.18. The van der Waals surface area contributed by atoms with Gasteiger partial charge < -0.3 is 9.64 Å². The fourth-order valence-corrected chi connectivity index (χ4v) is 1.97. The molecule has 0 radical (unpaired) electrons. The molecular formula is C13H17Cl2NO2. The number of benzene rings is 1. The highest BCUT2D eigenvalue weighted by atomic mass is 35.5. The van der Waals surface area contributed by atoms with Gasteiger partial charge in [0.15, 0.2) is 0 Å². The fourth-order valence-electron chi connectivity index (χ4n) is 1.56. The maximum absolute atomic E-state index is 12.2. The van der Waals surface area contributed by atoms with E-state index >= 15 is 0 Å². The normalized spacial score (nSPS) is 10.2. The summed E-state index contributed by atoms with van der Waals surface area (Å²) in [4.78, 5) is 13.8. The first-order valence-electron chi connectivity index (χ1n) is 5.87. The Morgan fingerprint density at radius 2 is 1.72 bits per heavy atom. The van der Waals surface area contributed by atoms with Crippen LogP contribution in [0.25, 0.3) is 0 Å². The van der Waals surface area contributed by atoms with Crippen LogP contribution in [0.5, 0.6) is 5.75 Å². The van der Waals surface area contributed by atoms with Crippen molar-refractivity contribution in [2.45, 2.75) is 6.92 Å². The zero-order valence-corrected chi connectivity index (χ0v) is 11.9. The second-order valence-corrected chi connectivity index (χ2v) is 4.38. The highest BCUT2D eigenvalue weighted by Gasteiger charge is 2.14. The third-order valence-corrected chi connectivity index (χ3v) is 2.75. The Morgan fingerprint density at radius 1 is 1.17 bits per heavy atom. The van der Waals surface area contributed by atoms with Gasteiger partial charge in [0.05, 0.1) is 6.61 Å². The van der Waals surface area contributed by atoms with Gasteiger partial charge in [-0.1, -0.05) is 0 Å². The third kappa shape index (κ3) is 4.39. The summed E-state index contributed by atoms with van der Waals surface area (Å²) >= 11 is 11.3. The number of hydrogen-bond acceptors (Lipinski definition) is 2. The summed E-state index contributed by atoms with van der Waals surface area (Å²) in [7, 11) is 0.